The van der Waals surface area contributed by atoms with Crippen molar-refractivity contribution in [3.8, 4) is 5.75 Å². The van der Waals surface area contributed by atoms with Gasteiger partial charge >= 0.3 is 0 Å². The fourth-order valence-corrected chi connectivity index (χ4v) is 6.08. The maximum absolute atomic E-state index is 12.8. The summed E-state index contributed by atoms with van der Waals surface area (Å²) in [5, 5.41) is 16.8. The van der Waals surface area contributed by atoms with Gasteiger partial charge in [-0.1, -0.05) is 37.0 Å². The molecule has 1 aromatic heterocycles. The number of rotatable bonds is 8. The van der Waals surface area contributed by atoms with E-state index < -0.39 is 0 Å². The molecule has 3 N–H and O–H groups in total. The third-order valence-electron chi connectivity index (χ3n) is 8.80. The number of hydrogen-bond donors (Lipinski definition) is 3. The maximum atomic E-state index is 12.8. The number of nitrogens with zero attached hydrogens (tertiary/aromatic N) is 6. The van der Waals surface area contributed by atoms with Crippen molar-refractivity contribution in [1.29, 1.82) is 0 Å². The highest BCUT2D eigenvalue weighted by Crippen LogP contribution is 2.33. The van der Waals surface area contributed by atoms with Crippen molar-refractivity contribution in [2.24, 2.45) is 0 Å². The van der Waals surface area contributed by atoms with E-state index in [2.05, 4.69) is 20.4 Å². The maximum Gasteiger partial charge on any atom is 0.255 e. The lowest BCUT2D eigenvalue weighted by molar-refractivity contribution is -0.136. The van der Waals surface area contributed by atoms with E-state index in [-0.39, 0.29) is 23.5 Å². The van der Waals surface area contributed by atoms with Gasteiger partial charge in [0.15, 0.2) is 0 Å². The molecule has 6 rings (SSSR count). The molecule has 238 valence electrons. The molecule has 0 spiro atoms. The highest BCUT2D eigenvalue weighted by atomic mass is 16.5. The minimum absolute atomic E-state index is 0.0648. The number of benzene rings is 2. The molecule has 2 amide bonds. The lowest BCUT2D eigenvalue weighted by Crippen LogP contribution is -2.52. The molecule has 1 aliphatic carbocycles. The van der Waals surface area contributed by atoms with E-state index >= 15 is 0 Å². The molecule has 0 unspecified atom stereocenters. The molecule has 3 aromatic rings. The summed E-state index contributed by atoms with van der Waals surface area (Å²) in [5.74, 6) is 1.90. The standard InChI is InChI=1S/C33H42N8O4/c1-23-7-9-25(10-8-23)31(44)35-27-12-11-26(21-28(27)42)34-32-36-30(24-5-3-2-4-6-24)37-33(38-32)41-15-13-39(14-16-41)22-29(43)40-17-19-45-20-18-40/h7-12,21,24,42H,2-6,13-20,22H2,1H3,(H,35,44)(H,34,36,37,38). The van der Waals surface area contributed by atoms with Crippen LogP contribution in [0.2, 0.25) is 0 Å². The summed E-state index contributed by atoms with van der Waals surface area (Å²) >= 11 is 0. The number of anilines is 4. The molecule has 0 bridgehead atoms. The van der Waals surface area contributed by atoms with Crippen molar-refractivity contribution < 1.29 is 19.4 Å². The van der Waals surface area contributed by atoms with Crippen LogP contribution in [0.5, 0.6) is 5.75 Å². The summed E-state index contributed by atoms with van der Waals surface area (Å²) in [6, 6.07) is 12.2. The van der Waals surface area contributed by atoms with E-state index in [4.69, 9.17) is 19.7 Å². The van der Waals surface area contributed by atoms with Gasteiger partial charge < -0.3 is 30.3 Å². The third-order valence-corrected chi connectivity index (χ3v) is 8.80. The molecule has 2 aromatic carbocycles. The molecule has 2 saturated heterocycles. The Bertz CT molecular complexity index is 1480. The van der Waals surface area contributed by atoms with Crippen LogP contribution in [-0.4, -0.2) is 101 Å². The summed E-state index contributed by atoms with van der Waals surface area (Å²) < 4.78 is 5.38. The van der Waals surface area contributed by atoms with Gasteiger partial charge in [0.2, 0.25) is 17.8 Å². The van der Waals surface area contributed by atoms with Gasteiger partial charge in [0.25, 0.3) is 5.91 Å². The Kier molecular flexibility index (Phi) is 9.70. The number of aromatic nitrogens is 3. The first-order chi connectivity index (χ1) is 21.9. The first kappa shape index (κ1) is 30.7. The number of carbonyl (C=O) groups excluding carboxylic acids is 2. The van der Waals surface area contributed by atoms with Crippen LogP contribution in [0, 0.1) is 6.92 Å². The lowest BCUT2D eigenvalue weighted by atomic mass is 9.89. The van der Waals surface area contributed by atoms with Crippen LogP contribution in [0.3, 0.4) is 0 Å². The van der Waals surface area contributed by atoms with E-state index in [0.717, 1.165) is 50.2 Å². The molecular weight excluding hydrogens is 572 g/mol. The summed E-state index contributed by atoms with van der Waals surface area (Å²) in [5.41, 5.74) is 2.49. The Balaban J connectivity index is 1.14. The summed E-state index contributed by atoms with van der Waals surface area (Å²) in [6.45, 7) is 7.80. The monoisotopic (exact) mass is 614 g/mol. The number of nitrogens with one attached hydrogen (secondary N) is 2. The van der Waals surface area contributed by atoms with Crippen molar-refractivity contribution >= 4 is 35.1 Å². The van der Waals surface area contributed by atoms with Crippen LogP contribution < -0.4 is 15.5 Å². The number of aromatic hydroxyl groups is 1. The Morgan fingerprint density at radius 2 is 1.64 bits per heavy atom. The van der Waals surface area contributed by atoms with Gasteiger partial charge in [-0.15, -0.1) is 0 Å². The molecule has 12 nitrogen and oxygen atoms in total. The highest BCUT2D eigenvalue weighted by molar-refractivity contribution is 6.05. The van der Waals surface area contributed by atoms with E-state index in [0.29, 0.717) is 74.8 Å². The first-order valence-corrected chi connectivity index (χ1v) is 16.0. The number of aryl methyl sites for hydroxylation is 1. The lowest BCUT2D eigenvalue weighted by Gasteiger charge is -2.36. The van der Waals surface area contributed by atoms with Gasteiger partial charge in [0.05, 0.1) is 25.4 Å². The van der Waals surface area contributed by atoms with Gasteiger partial charge in [-0.05, 0) is 44.0 Å². The zero-order valence-corrected chi connectivity index (χ0v) is 25.9. The summed E-state index contributed by atoms with van der Waals surface area (Å²) in [6.07, 6.45) is 5.66. The number of phenols is 1. The second kappa shape index (κ2) is 14.2. The van der Waals surface area contributed by atoms with E-state index in [1.165, 1.54) is 6.42 Å². The highest BCUT2D eigenvalue weighted by Gasteiger charge is 2.26. The van der Waals surface area contributed by atoms with Gasteiger partial charge in [-0.2, -0.15) is 15.0 Å². The minimum Gasteiger partial charge on any atom is -0.506 e. The second-order valence-electron chi connectivity index (χ2n) is 12.1. The second-order valence-corrected chi connectivity index (χ2v) is 12.1. The third kappa shape index (κ3) is 7.87. The molecule has 3 aliphatic rings. The number of hydrogen-bond acceptors (Lipinski definition) is 10. The Morgan fingerprint density at radius 1 is 0.911 bits per heavy atom. The Hall–Kier alpha value is -4.29. The van der Waals surface area contributed by atoms with E-state index in [9.17, 15) is 14.7 Å². The zero-order chi connectivity index (χ0) is 31.2. The number of ether oxygens (including phenoxy) is 1. The smallest absolute Gasteiger partial charge is 0.255 e. The van der Waals surface area contributed by atoms with Crippen molar-refractivity contribution in [2.45, 2.75) is 44.9 Å². The Morgan fingerprint density at radius 3 is 2.36 bits per heavy atom. The van der Waals surface area contributed by atoms with Gasteiger partial charge in [-0.3, -0.25) is 14.5 Å². The molecule has 0 radical (unpaired) electrons. The predicted octanol–water partition coefficient (Wildman–Crippen LogP) is 3.91. The van der Waals surface area contributed by atoms with Crippen LogP contribution in [0.15, 0.2) is 42.5 Å². The van der Waals surface area contributed by atoms with Crippen LogP contribution in [-0.2, 0) is 9.53 Å². The van der Waals surface area contributed by atoms with Gasteiger partial charge in [0, 0.05) is 62.5 Å². The number of amides is 2. The number of piperazine rings is 1. The normalized spacial score (nSPS) is 18.1. The zero-order valence-electron chi connectivity index (χ0n) is 25.9. The average Bonchev–Trinajstić information content (AvgIpc) is 3.07. The van der Waals surface area contributed by atoms with Crippen molar-refractivity contribution in [2.75, 3.05) is 74.6 Å². The van der Waals surface area contributed by atoms with Crippen LogP contribution in [0.25, 0.3) is 0 Å². The molecule has 3 heterocycles. The fourth-order valence-electron chi connectivity index (χ4n) is 6.08. The van der Waals surface area contributed by atoms with E-state index in [1.54, 1.807) is 30.3 Å². The fraction of sp³-hybridized carbons (Fsp3) is 0.485. The molecule has 0 atom stereocenters. The Labute approximate surface area is 263 Å². The predicted molar refractivity (Wildman–Crippen MR) is 172 cm³/mol. The van der Waals surface area contributed by atoms with Gasteiger partial charge in [-0.25, -0.2) is 0 Å². The summed E-state index contributed by atoms with van der Waals surface area (Å²) in [4.78, 5) is 46.2. The molecule has 1 saturated carbocycles. The quantitative estimate of drug-likeness (QED) is 0.321. The number of carbonyl (C=O) groups is 2. The van der Waals surface area contributed by atoms with Crippen LogP contribution in [0.4, 0.5) is 23.3 Å². The van der Waals surface area contributed by atoms with E-state index in [1.807, 2.05) is 24.0 Å². The molecule has 45 heavy (non-hydrogen) atoms. The largest absolute Gasteiger partial charge is 0.506 e. The summed E-state index contributed by atoms with van der Waals surface area (Å²) in [7, 11) is 0. The average molecular weight is 615 g/mol. The number of morpholine rings is 1. The SMILES string of the molecule is Cc1ccc(C(=O)Nc2ccc(Nc3nc(C4CCCCC4)nc(N4CCN(CC(=O)N5CCOCC5)CC4)n3)cc2O)cc1. The van der Waals surface area contributed by atoms with Crippen LogP contribution >= 0.6 is 0 Å². The van der Waals surface area contributed by atoms with Crippen molar-refractivity contribution in [1.82, 2.24) is 24.8 Å². The van der Waals surface area contributed by atoms with Crippen molar-refractivity contribution in [3.63, 3.8) is 0 Å². The minimum atomic E-state index is -0.296. The van der Waals surface area contributed by atoms with Crippen molar-refractivity contribution in [3.05, 3.63) is 59.4 Å². The molecule has 2 aliphatic heterocycles. The van der Waals surface area contributed by atoms with Gasteiger partial charge in [0.1, 0.15) is 11.6 Å². The topological polar surface area (TPSA) is 136 Å². The molecular formula is C33H42N8O4. The van der Waals surface area contributed by atoms with Crippen LogP contribution in [0.1, 0.15) is 59.8 Å². The number of phenolic OH excluding ortho intramolecular Hbond substituents is 1. The molecule has 12 heteroatoms. The first-order valence-electron chi connectivity index (χ1n) is 16.0. The molecule has 3 fully saturated rings.